The highest BCUT2D eigenvalue weighted by Gasteiger charge is 2.10. The Kier molecular flexibility index (Phi) is 8.34. The Morgan fingerprint density at radius 3 is 2.62 bits per heavy atom. The fraction of sp³-hybridized carbons (Fsp3) is 0.571. The number of nitro benzene ring substituents is 1. The van der Waals surface area contributed by atoms with Gasteiger partial charge in [0.15, 0.2) is 0 Å². The molecule has 1 N–H and O–H groups in total. The number of nitro groups is 1. The van der Waals surface area contributed by atoms with E-state index in [9.17, 15) is 10.1 Å². The largest absolute Gasteiger partial charge is 0.388 e. The fourth-order valence-corrected chi connectivity index (χ4v) is 1.75. The molecule has 0 radical (unpaired) electrons. The molecular weight excluding hydrogens is 276 g/mol. The highest BCUT2D eigenvalue weighted by molar-refractivity contribution is 5.55. The van der Waals surface area contributed by atoms with Crippen LogP contribution in [0.15, 0.2) is 18.2 Å². The third kappa shape index (κ3) is 6.52. The van der Waals surface area contributed by atoms with Crippen molar-refractivity contribution in [2.45, 2.75) is 13.0 Å². The van der Waals surface area contributed by atoms with Crippen LogP contribution in [-0.4, -0.2) is 45.5 Å². The Hall–Kier alpha value is -1.70. The van der Waals surface area contributed by atoms with Crippen molar-refractivity contribution in [1.29, 1.82) is 0 Å². The van der Waals surface area contributed by atoms with Gasteiger partial charge in [0.25, 0.3) is 5.69 Å². The number of nitrogens with one attached hydrogen (secondary N) is 1. The van der Waals surface area contributed by atoms with Crippen LogP contribution in [0.25, 0.3) is 0 Å². The Morgan fingerprint density at radius 2 is 1.95 bits per heavy atom. The van der Waals surface area contributed by atoms with Gasteiger partial charge in [-0.2, -0.15) is 0 Å². The molecule has 118 valence electrons. The molecule has 0 amide bonds. The van der Waals surface area contributed by atoms with E-state index in [0.717, 1.165) is 17.7 Å². The van der Waals surface area contributed by atoms with E-state index in [4.69, 9.17) is 14.2 Å². The molecule has 0 aliphatic heterocycles. The summed E-state index contributed by atoms with van der Waals surface area (Å²) < 4.78 is 15.7. The van der Waals surface area contributed by atoms with Gasteiger partial charge in [-0.25, -0.2) is 0 Å². The quantitative estimate of drug-likeness (QED) is 0.383. The van der Waals surface area contributed by atoms with Crippen molar-refractivity contribution in [2.75, 3.05) is 45.9 Å². The molecule has 0 aliphatic carbocycles. The van der Waals surface area contributed by atoms with Crippen molar-refractivity contribution in [2.24, 2.45) is 0 Å². The van der Waals surface area contributed by atoms with E-state index < -0.39 is 4.92 Å². The van der Waals surface area contributed by atoms with Gasteiger partial charge in [0.1, 0.15) is 0 Å². The van der Waals surface area contributed by atoms with Crippen LogP contribution >= 0.6 is 0 Å². The molecule has 0 atom stereocenters. The maximum absolute atomic E-state index is 10.8. The van der Waals surface area contributed by atoms with Crippen molar-refractivity contribution in [1.82, 2.24) is 0 Å². The van der Waals surface area contributed by atoms with Crippen molar-refractivity contribution < 1.29 is 19.1 Å². The number of nitrogens with zero attached hydrogens (tertiary/aromatic N) is 1. The van der Waals surface area contributed by atoms with Crippen LogP contribution in [0.1, 0.15) is 12.0 Å². The van der Waals surface area contributed by atoms with E-state index in [1.165, 1.54) is 12.1 Å². The lowest BCUT2D eigenvalue weighted by molar-refractivity contribution is -0.384. The number of methoxy groups -OCH3 is 1. The molecule has 1 rings (SSSR count). The lowest BCUT2D eigenvalue weighted by Gasteiger charge is -2.10. The van der Waals surface area contributed by atoms with Crippen LogP contribution in [0.4, 0.5) is 11.4 Å². The molecule has 1 aromatic carbocycles. The second-order valence-corrected chi connectivity index (χ2v) is 4.36. The monoisotopic (exact) mass is 298 g/mol. The van der Waals surface area contributed by atoms with Crippen LogP contribution in [0.2, 0.25) is 0 Å². The van der Waals surface area contributed by atoms with Gasteiger partial charge < -0.3 is 19.5 Å². The third-order valence-corrected chi connectivity index (χ3v) is 2.84. The standard InChI is InChI=1S/C14H22N2O5/c1-15-14-5-4-13(16(17)18)10-12(14)11-21-7-3-6-20-9-8-19-2/h4-5,10,15H,3,6-9,11H2,1-2H3. The summed E-state index contributed by atoms with van der Waals surface area (Å²) in [5.74, 6) is 0. The highest BCUT2D eigenvalue weighted by atomic mass is 16.6. The van der Waals surface area contributed by atoms with Gasteiger partial charge in [-0.1, -0.05) is 0 Å². The Labute approximate surface area is 124 Å². The van der Waals surface area contributed by atoms with Crippen LogP contribution in [0.5, 0.6) is 0 Å². The Bertz CT molecular complexity index is 439. The number of hydrogen-bond acceptors (Lipinski definition) is 6. The molecule has 0 saturated carbocycles. The zero-order valence-electron chi connectivity index (χ0n) is 12.5. The van der Waals surface area contributed by atoms with Crippen LogP contribution in [-0.2, 0) is 20.8 Å². The summed E-state index contributed by atoms with van der Waals surface area (Å²) in [5.41, 5.74) is 1.67. The maximum atomic E-state index is 10.8. The first-order chi connectivity index (χ1) is 10.2. The number of hydrogen-bond donors (Lipinski definition) is 1. The van der Waals surface area contributed by atoms with E-state index in [1.54, 1.807) is 20.2 Å². The second-order valence-electron chi connectivity index (χ2n) is 4.36. The Balaban J connectivity index is 2.33. The number of benzene rings is 1. The van der Waals surface area contributed by atoms with Crippen molar-refractivity contribution in [3.63, 3.8) is 0 Å². The summed E-state index contributed by atoms with van der Waals surface area (Å²) in [4.78, 5) is 10.4. The van der Waals surface area contributed by atoms with Crippen molar-refractivity contribution in [3.8, 4) is 0 Å². The number of ether oxygens (including phenoxy) is 3. The molecule has 0 unspecified atom stereocenters. The minimum absolute atomic E-state index is 0.0653. The average molecular weight is 298 g/mol. The molecule has 0 heterocycles. The van der Waals surface area contributed by atoms with E-state index in [-0.39, 0.29) is 5.69 Å². The molecule has 0 fully saturated rings. The van der Waals surface area contributed by atoms with Crippen molar-refractivity contribution >= 4 is 11.4 Å². The fourth-order valence-electron chi connectivity index (χ4n) is 1.75. The highest BCUT2D eigenvalue weighted by Crippen LogP contribution is 2.22. The Morgan fingerprint density at radius 1 is 1.19 bits per heavy atom. The zero-order valence-corrected chi connectivity index (χ0v) is 12.5. The summed E-state index contributed by atoms with van der Waals surface area (Å²) in [6.07, 6.45) is 0.771. The van der Waals surface area contributed by atoms with Gasteiger partial charge >= 0.3 is 0 Å². The van der Waals surface area contributed by atoms with Gasteiger partial charge in [-0.05, 0) is 12.5 Å². The molecule has 0 aliphatic rings. The molecule has 0 saturated heterocycles. The van der Waals surface area contributed by atoms with Gasteiger partial charge in [-0.15, -0.1) is 0 Å². The molecule has 7 nitrogen and oxygen atoms in total. The number of rotatable bonds is 11. The molecule has 0 aromatic heterocycles. The molecule has 1 aromatic rings. The first-order valence-electron chi connectivity index (χ1n) is 6.78. The van der Waals surface area contributed by atoms with Gasteiger partial charge in [-0.3, -0.25) is 10.1 Å². The molecule has 21 heavy (non-hydrogen) atoms. The minimum atomic E-state index is -0.410. The predicted molar refractivity (Wildman–Crippen MR) is 79.6 cm³/mol. The first kappa shape index (κ1) is 17.4. The van der Waals surface area contributed by atoms with E-state index in [1.807, 2.05) is 0 Å². The molecule has 0 bridgehead atoms. The van der Waals surface area contributed by atoms with E-state index in [2.05, 4.69) is 5.32 Å². The summed E-state index contributed by atoms with van der Waals surface area (Å²) in [7, 11) is 3.40. The van der Waals surface area contributed by atoms with Crippen molar-refractivity contribution in [3.05, 3.63) is 33.9 Å². The van der Waals surface area contributed by atoms with Crippen LogP contribution in [0, 0.1) is 10.1 Å². The van der Waals surface area contributed by atoms with E-state index in [0.29, 0.717) is 33.0 Å². The SMILES string of the molecule is CNc1ccc([N+](=O)[O-])cc1COCCCOCCOC. The molecular formula is C14H22N2O5. The third-order valence-electron chi connectivity index (χ3n) is 2.84. The van der Waals surface area contributed by atoms with Gasteiger partial charge in [0.05, 0.1) is 24.7 Å². The summed E-state index contributed by atoms with van der Waals surface area (Å²) in [5, 5.41) is 13.8. The van der Waals surface area contributed by atoms with Gasteiger partial charge in [0, 0.05) is 50.8 Å². The normalized spacial score (nSPS) is 10.6. The van der Waals surface area contributed by atoms with Crippen LogP contribution < -0.4 is 5.32 Å². The first-order valence-corrected chi connectivity index (χ1v) is 6.78. The average Bonchev–Trinajstić information content (AvgIpc) is 2.49. The van der Waals surface area contributed by atoms with Gasteiger partial charge in [0.2, 0.25) is 0 Å². The minimum Gasteiger partial charge on any atom is -0.388 e. The second kappa shape index (κ2) is 10.1. The van der Waals surface area contributed by atoms with Crippen LogP contribution in [0.3, 0.4) is 0 Å². The summed E-state index contributed by atoms with van der Waals surface area (Å²) in [6.45, 7) is 2.64. The predicted octanol–water partition coefficient (Wildman–Crippen LogP) is 2.21. The number of anilines is 1. The molecule has 0 spiro atoms. The lowest BCUT2D eigenvalue weighted by atomic mass is 10.1. The summed E-state index contributed by atoms with van der Waals surface area (Å²) >= 11 is 0. The zero-order chi connectivity index (χ0) is 15.5. The maximum Gasteiger partial charge on any atom is 0.269 e. The molecule has 7 heteroatoms. The summed E-state index contributed by atoms with van der Waals surface area (Å²) in [6, 6.07) is 4.69. The topological polar surface area (TPSA) is 82.9 Å². The lowest BCUT2D eigenvalue weighted by Crippen LogP contribution is -2.06. The number of non-ortho nitro benzene ring substituents is 1. The smallest absolute Gasteiger partial charge is 0.269 e. The van der Waals surface area contributed by atoms with E-state index >= 15 is 0 Å².